The Kier molecular flexibility index (Phi) is 5.24. The molecule has 0 aliphatic rings. The molecule has 0 unspecified atom stereocenters. The van der Waals surface area contributed by atoms with Crippen molar-refractivity contribution in [2.24, 2.45) is 5.10 Å². The Labute approximate surface area is 135 Å². The van der Waals surface area contributed by atoms with Crippen LogP contribution in [0.1, 0.15) is 5.56 Å². The van der Waals surface area contributed by atoms with Crippen molar-refractivity contribution in [1.29, 1.82) is 0 Å². The molecule has 2 N–H and O–H groups in total. The van der Waals surface area contributed by atoms with E-state index in [1.165, 1.54) is 26.6 Å². The fourth-order valence-corrected chi connectivity index (χ4v) is 2.05. The van der Waals surface area contributed by atoms with Crippen LogP contribution in [0.15, 0.2) is 28.2 Å². The van der Waals surface area contributed by atoms with Gasteiger partial charge < -0.3 is 9.47 Å². The van der Waals surface area contributed by atoms with Gasteiger partial charge in [-0.3, -0.25) is 10.2 Å². The van der Waals surface area contributed by atoms with Crippen molar-refractivity contribution in [2.45, 2.75) is 0 Å². The van der Waals surface area contributed by atoms with Gasteiger partial charge in [-0.2, -0.15) is 10.2 Å². The molecule has 0 atom stereocenters. The number of anilines is 1. The van der Waals surface area contributed by atoms with E-state index in [-0.39, 0.29) is 10.7 Å². The summed E-state index contributed by atoms with van der Waals surface area (Å²) in [6.07, 6.45) is 2.80. The number of aromatic nitrogens is 2. The van der Waals surface area contributed by atoms with Crippen LogP contribution < -0.4 is 20.5 Å². The molecule has 0 bridgehead atoms. The van der Waals surface area contributed by atoms with Gasteiger partial charge in [0.15, 0.2) is 11.5 Å². The number of ether oxygens (including phenoxy) is 2. The van der Waals surface area contributed by atoms with Crippen LogP contribution in [0.4, 0.5) is 5.69 Å². The predicted molar refractivity (Wildman–Crippen MR) is 85.6 cm³/mol. The zero-order chi connectivity index (χ0) is 16.1. The zero-order valence-corrected chi connectivity index (χ0v) is 13.2. The van der Waals surface area contributed by atoms with E-state index in [1.54, 1.807) is 12.1 Å². The number of rotatable bonds is 5. The van der Waals surface area contributed by atoms with Gasteiger partial charge >= 0.3 is 0 Å². The minimum atomic E-state index is -0.508. The average molecular weight is 343 g/mol. The molecule has 0 aliphatic carbocycles. The maximum atomic E-state index is 11.3. The van der Waals surface area contributed by atoms with E-state index in [0.717, 1.165) is 0 Å². The van der Waals surface area contributed by atoms with Crippen molar-refractivity contribution in [3.05, 3.63) is 44.3 Å². The summed E-state index contributed by atoms with van der Waals surface area (Å²) in [5.74, 6) is 0.920. The lowest BCUT2D eigenvalue weighted by Gasteiger charge is -2.10. The van der Waals surface area contributed by atoms with Gasteiger partial charge in [0, 0.05) is 5.56 Å². The van der Waals surface area contributed by atoms with Crippen LogP contribution in [-0.2, 0) is 0 Å². The van der Waals surface area contributed by atoms with Crippen LogP contribution in [-0.4, -0.2) is 30.6 Å². The van der Waals surface area contributed by atoms with E-state index in [2.05, 4.69) is 20.7 Å². The van der Waals surface area contributed by atoms with E-state index in [4.69, 9.17) is 32.7 Å². The number of hydrazone groups is 1. The van der Waals surface area contributed by atoms with E-state index in [0.29, 0.717) is 22.1 Å². The van der Waals surface area contributed by atoms with E-state index >= 15 is 0 Å². The Balaban J connectivity index is 2.24. The molecule has 0 radical (unpaired) electrons. The highest BCUT2D eigenvalue weighted by Gasteiger charge is 2.11. The number of aromatic amines is 1. The minimum Gasteiger partial charge on any atom is -0.493 e. The standard InChI is InChI=1S/C13H12Cl2N4O3/c1-21-9-4-3-7(10(14)12(9)22-2)5-16-18-8-6-17-19-13(20)11(8)15/h3-6H,1-2H3,(H2,18,19,20)/b16-5-. The topological polar surface area (TPSA) is 88.6 Å². The lowest BCUT2D eigenvalue weighted by atomic mass is 10.2. The average Bonchev–Trinajstić information content (AvgIpc) is 2.52. The van der Waals surface area contributed by atoms with Crippen LogP contribution >= 0.6 is 23.2 Å². The van der Waals surface area contributed by atoms with Gasteiger partial charge in [-0.1, -0.05) is 23.2 Å². The lowest BCUT2D eigenvalue weighted by molar-refractivity contribution is 0.355. The number of nitrogens with one attached hydrogen (secondary N) is 2. The summed E-state index contributed by atoms with van der Waals surface area (Å²) in [5, 5.41) is 10.1. The quantitative estimate of drug-likeness (QED) is 0.643. The third-order valence-corrected chi connectivity index (χ3v) is 3.46. The highest BCUT2D eigenvalue weighted by molar-refractivity contribution is 6.35. The van der Waals surface area contributed by atoms with E-state index in [1.807, 2.05) is 0 Å². The van der Waals surface area contributed by atoms with Crippen LogP contribution in [0.3, 0.4) is 0 Å². The molecule has 1 aromatic carbocycles. The van der Waals surface area contributed by atoms with Gasteiger partial charge in [-0.25, -0.2) is 5.10 Å². The number of nitrogens with zero attached hydrogens (tertiary/aromatic N) is 2. The molecule has 2 aromatic rings. The monoisotopic (exact) mass is 342 g/mol. The Morgan fingerprint density at radius 1 is 1.27 bits per heavy atom. The maximum Gasteiger partial charge on any atom is 0.285 e. The van der Waals surface area contributed by atoms with E-state index < -0.39 is 5.56 Å². The molecule has 0 saturated carbocycles. The first-order valence-corrected chi connectivity index (χ1v) is 6.76. The first kappa shape index (κ1) is 16.1. The Bertz CT molecular complexity index is 761. The van der Waals surface area contributed by atoms with Crippen molar-refractivity contribution in [3.8, 4) is 11.5 Å². The molecule has 0 fully saturated rings. The van der Waals surface area contributed by atoms with Crippen LogP contribution in [0.5, 0.6) is 11.5 Å². The van der Waals surface area contributed by atoms with Gasteiger partial charge in [0.2, 0.25) is 0 Å². The molecule has 116 valence electrons. The summed E-state index contributed by atoms with van der Waals surface area (Å²) >= 11 is 12.0. The van der Waals surface area contributed by atoms with Gasteiger partial charge in [-0.15, -0.1) is 0 Å². The molecular weight excluding hydrogens is 331 g/mol. The SMILES string of the molecule is COc1ccc(/C=N\Nc2cn[nH]c(=O)c2Cl)c(Cl)c1OC. The molecule has 1 aromatic heterocycles. The Hall–Kier alpha value is -2.25. The second kappa shape index (κ2) is 7.15. The predicted octanol–water partition coefficient (Wildman–Crippen LogP) is 2.54. The summed E-state index contributed by atoms with van der Waals surface area (Å²) < 4.78 is 10.3. The molecule has 0 amide bonds. The molecule has 22 heavy (non-hydrogen) atoms. The third kappa shape index (κ3) is 3.32. The number of benzene rings is 1. The smallest absolute Gasteiger partial charge is 0.285 e. The molecule has 1 heterocycles. The number of H-pyrrole nitrogens is 1. The Morgan fingerprint density at radius 3 is 2.73 bits per heavy atom. The molecule has 7 nitrogen and oxygen atoms in total. The number of halogens is 2. The molecular formula is C13H12Cl2N4O3. The second-order valence-corrected chi connectivity index (χ2v) is 4.76. The van der Waals surface area contributed by atoms with Crippen molar-refractivity contribution in [1.82, 2.24) is 10.2 Å². The first-order valence-electron chi connectivity index (χ1n) is 6.01. The zero-order valence-electron chi connectivity index (χ0n) is 11.7. The summed E-state index contributed by atoms with van der Waals surface area (Å²) in [7, 11) is 3.01. The molecule has 2 rings (SSSR count). The largest absolute Gasteiger partial charge is 0.493 e. The van der Waals surface area contributed by atoms with Crippen LogP contribution in [0.25, 0.3) is 0 Å². The summed E-state index contributed by atoms with van der Waals surface area (Å²) in [6, 6.07) is 3.42. The third-order valence-electron chi connectivity index (χ3n) is 2.70. The van der Waals surface area contributed by atoms with Crippen molar-refractivity contribution in [3.63, 3.8) is 0 Å². The summed E-state index contributed by atoms with van der Waals surface area (Å²) in [5.41, 5.74) is 2.99. The lowest BCUT2D eigenvalue weighted by Crippen LogP contribution is -2.10. The maximum absolute atomic E-state index is 11.3. The number of hydrogen-bond donors (Lipinski definition) is 2. The van der Waals surface area contributed by atoms with Crippen molar-refractivity contribution >= 4 is 35.1 Å². The molecule has 0 spiro atoms. The minimum absolute atomic E-state index is 0.0365. The second-order valence-electron chi connectivity index (χ2n) is 4.00. The van der Waals surface area contributed by atoms with Gasteiger partial charge in [-0.05, 0) is 12.1 Å². The van der Waals surface area contributed by atoms with Gasteiger partial charge in [0.25, 0.3) is 5.56 Å². The van der Waals surface area contributed by atoms with Crippen molar-refractivity contribution < 1.29 is 9.47 Å². The van der Waals surface area contributed by atoms with Crippen LogP contribution in [0.2, 0.25) is 10.0 Å². The van der Waals surface area contributed by atoms with Crippen LogP contribution in [0, 0.1) is 0 Å². The molecule has 9 heteroatoms. The van der Waals surface area contributed by atoms with Crippen molar-refractivity contribution in [2.75, 3.05) is 19.6 Å². The highest BCUT2D eigenvalue weighted by atomic mass is 35.5. The fourth-order valence-electron chi connectivity index (χ4n) is 1.64. The van der Waals surface area contributed by atoms with Gasteiger partial charge in [0.1, 0.15) is 10.7 Å². The molecule has 0 aliphatic heterocycles. The highest BCUT2D eigenvalue weighted by Crippen LogP contribution is 2.36. The normalized spacial score (nSPS) is 10.7. The summed E-state index contributed by atoms with van der Waals surface area (Å²) in [4.78, 5) is 11.3. The first-order chi connectivity index (χ1) is 10.6. The van der Waals surface area contributed by atoms with E-state index in [9.17, 15) is 4.79 Å². The van der Waals surface area contributed by atoms with Gasteiger partial charge in [0.05, 0.1) is 31.7 Å². The number of hydrogen-bond acceptors (Lipinski definition) is 6. The fraction of sp³-hybridized carbons (Fsp3) is 0.154. The summed E-state index contributed by atoms with van der Waals surface area (Å²) in [6.45, 7) is 0. The molecule has 0 saturated heterocycles. The number of methoxy groups -OCH3 is 2. The Morgan fingerprint density at radius 2 is 2.05 bits per heavy atom.